The molecule has 0 bridgehead atoms. The average molecular weight is 331 g/mol. The van der Waals surface area contributed by atoms with E-state index in [1.54, 1.807) is 12.4 Å². The van der Waals surface area contributed by atoms with E-state index in [1.165, 1.54) is 6.20 Å². The number of benzene rings is 1. The van der Waals surface area contributed by atoms with Crippen molar-refractivity contribution in [2.24, 2.45) is 0 Å². The summed E-state index contributed by atoms with van der Waals surface area (Å²) in [5.74, 6) is -0.198. The first kappa shape index (κ1) is 12.8. The molecule has 0 aliphatic heterocycles. The van der Waals surface area contributed by atoms with Crippen LogP contribution in [0.3, 0.4) is 0 Å². The summed E-state index contributed by atoms with van der Waals surface area (Å²) in [6.07, 6.45) is 3.07. The molecule has 0 atom stereocenters. The number of nitrogens with one attached hydrogen (secondary N) is 2. The number of anilines is 1. The first-order valence-corrected chi connectivity index (χ1v) is 6.79. The Hall–Kier alpha value is -2.21. The zero-order valence-corrected chi connectivity index (χ0v) is 12.2. The van der Waals surface area contributed by atoms with Crippen LogP contribution in [0.25, 0.3) is 11.2 Å². The molecule has 0 spiro atoms. The van der Waals surface area contributed by atoms with Gasteiger partial charge in [-0.1, -0.05) is 15.9 Å². The van der Waals surface area contributed by atoms with Crippen molar-refractivity contribution in [1.29, 1.82) is 0 Å². The highest BCUT2D eigenvalue weighted by Gasteiger charge is 2.09. The van der Waals surface area contributed by atoms with Gasteiger partial charge in [0.15, 0.2) is 5.65 Å². The molecular formula is C14H11BrN4O. The fourth-order valence-corrected chi connectivity index (χ4v) is 2.13. The lowest BCUT2D eigenvalue weighted by atomic mass is 10.2. The summed E-state index contributed by atoms with van der Waals surface area (Å²) in [7, 11) is 0. The third-order valence-electron chi connectivity index (χ3n) is 2.95. The van der Waals surface area contributed by atoms with E-state index in [1.807, 2.05) is 25.1 Å². The summed E-state index contributed by atoms with van der Waals surface area (Å²) in [6.45, 7) is 1.97. The second-order valence-electron chi connectivity index (χ2n) is 4.42. The molecule has 20 heavy (non-hydrogen) atoms. The zero-order valence-electron chi connectivity index (χ0n) is 10.6. The van der Waals surface area contributed by atoms with Gasteiger partial charge in [0.05, 0.1) is 17.4 Å². The lowest BCUT2D eigenvalue weighted by Crippen LogP contribution is -2.12. The van der Waals surface area contributed by atoms with E-state index in [0.717, 1.165) is 21.2 Å². The Labute approximate surface area is 123 Å². The summed E-state index contributed by atoms with van der Waals surface area (Å²) in [5.41, 5.74) is 3.64. The lowest BCUT2D eigenvalue weighted by Gasteiger charge is -2.07. The number of carbonyl (C=O) groups is 1. The molecule has 2 heterocycles. The van der Waals surface area contributed by atoms with Crippen molar-refractivity contribution in [2.75, 3.05) is 5.32 Å². The minimum atomic E-state index is -0.198. The van der Waals surface area contributed by atoms with Gasteiger partial charge >= 0.3 is 0 Å². The minimum absolute atomic E-state index is 0.198. The second-order valence-corrected chi connectivity index (χ2v) is 5.27. The molecule has 5 nitrogen and oxygen atoms in total. The van der Waals surface area contributed by atoms with Crippen molar-refractivity contribution in [3.63, 3.8) is 0 Å². The van der Waals surface area contributed by atoms with Gasteiger partial charge in [0.2, 0.25) is 0 Å². The van der Waals surface area contributed by atoms with E-state index in [0.29, 0.717) is 11.2 Å². The maximum Gasteiger partial charge on any atom is 0.257 e. The van der Waals surface area contributed by atoms with Crippen LogP contribution in [0.1, 0.15) is 15.9 Å². The SMILES string of the molecule is Cc1cc(NC(=O)c2cnc3nc[nH]c3c2)ccc1Br. The molecule has 3 aromatic rings. The Balaban J connectivity index is 1.86. The van der Waals surface area contributed by atoms with Gasteiger partial charge in [-0.2, -0.15) is 0 Å². The molecule has 1 amide bonds. The fraction of sp³-hybridized carbons (Fsp3) is 0.0714. The molecule has 0 saturated carbocycles. The Morgan fingerprint density at radius 2 is 2.15 bits per heavy atom. The maximum absolute atomic E-state index is 12.2. The molecule has 0 radical (unpaired) electrons. The van der Waals surface area contributed by atoms with Crippen LogP contribution in [0.5, 0.6) is 0 Å². The van der Waals surface area contributed by atoms with Gasteiger partial charge in [0.1, 0.15) is 0 Å². The smallest absolute Gasteiger partial charge is 0.257 e. The minimum Gasteiger partial charge on any atom is -0.343 e. The van der Waals surface area contributed by atoms with Crippen molar-refractivity contribution in [3.05, 3.63) is 52.4 Å². The van der Waals surface area contributed by atoms with E-state index in [-0.39, 0.29) is 5.91 Å². The number of carbonyl (C=O) groups excluding carboxylic acids is 1. The lowest BCUT2D eigenvalue weighted by molar-refractivity contribution is 0.102. The number of aryl methyl sites for hydroxylation is 1. The number of imidazole rings is 1. The topological polar surface area (TPSA) is 70.7 Å². The van der Waals surface area contributed by atoms with E-state index < -0.39 is 0 Å². The van der Waals surface area contributed by atoms with Gasteiger partial charge < -0.3 is 10.3 Å². The molecular weight excluding hydrogens is 320 g/mol. The van der Waals surface area contributed by atoms with Crippen molar-refractivity contribution in [3.8, 4) is 0 Å². The predicted octanol–water partition coefficient (Wildman–Crippen LogP) is 3.28. The van der Waals surface area contributed by atoms with Crippen molar-refractivity contribution in [1.82, 2.24) is 15.0 Å². The van der Waals surface area contributed by atoms with Crippen LogP contribution >= 0.6 is 15.9 Å². The number of hydrogen-bond acceptors (Lipinski definition) is 3. The first-order valence-electron chi connectivity index (χ1n) is 6.00. The van der Waals surface area contributed by atoms with Crippen LogP contribution in [0.15, 0.2) is 41.3 Å². The Kier molecular flexibility index (Phi) is 3.23. The number of H-pyrrole nitrogens is 1. The number of aromatic nitrogens is 3. The summed E-state index contributed by atoms with van der Waals surface area (Å²) in [5, 5.41) is 2.85. The molecule has 0 aliphatic carbocycles. The number of halogens is 1. The van der Waals surface area contributed by atoms with Crippen LogP contribution in [-0.2, 0) is 0 Å². The number of nitrogens with zero attached hydrogens (tertiary/aromatic N) is 2. The van der Waals surface area contributed by atoms with E-state index >= 15 is 0 Å². The number of rotatable bonds is 2. The molecule has 0 aliphatic rings. The molecule has 3 rings (SSSR count). The number of hydrogen-bond donors (Lipinski definition) is 2. The van der Waals surface area contributed by atoms with Gasteiger partial charge in [-0.3, -0.25) is 4.79 Å². The van der Waals surface area contributed by atoms with Crippen LogP contribution in [0.4, 0.5) is 5.69 Å². The van der Waals surface area contributed by atoms with Crippen LogP contribution in [-0.4, -0.2) is 20.9 Å². The summed E-state index contributed by atoms with van der Waals surface area (Å²) < 4.78 is 1.01. The van der Waals surface area contributed by atoms with Gasteiger partial charge in [-0.25, -0.2) is 9.97 Å². The summed E-state index contributed by atoms with van der Waals surface area (Å²) >= 11 is 3.43. The Morgan fingerprint density at radius 3 is 2.95 bits per heavy atom. The Bertz CT molecular complexity index is 797. The molecule has 0 fully saturated rings. The number of fused-ring (bicyclic) bond motifs is 1. The third-order valence-corrected chi connectivity index (χ3v) is 3.84. The summed E-state index contributed by atoms with van der Waals surface area (Å²) in [6, 6.07) is 7.39. The predicted molar refractivity (Wildman–Crippen MR) is 80.7 cm³/mol. The van der Waals surface area contributed by atoms with Crippen LogP contribution < -0.4 is 5.32 Å². The van der Waals surface area contributed by atoms with E-state index in [9.17, 15) is 4.79 Å². The standard InChI is InChI=1S/C14H11BrN4O/c1-8-4-10(2-3-11(8)15)19-14(20)9-5-12-13(16-6-9)18-7-17-12/h2-7H,1H3,(H,19,20)(H,16,17,18). The number of aromatic amines is 1. The molecule has 6 heteroatoms. The van der Waals surface area contributed by atoms with Crippen LogP contribution in [0.2, 0.25) is 0 Å². The third kappa shape index (κ3) is 2.42. The zero-order chi connectivity index (χ0) is 14.1. The van der Waals surface area contributed by atoms with Crippen LogP contribution in [0, 0.1) is 6.92 Å². The normalized spacial score (nSPS) is 10.7. The molecule has 1 aromatic carbocycles. The highest BCUT2D eigenvalue weighted by atomic mass is 79.9. The largest absolute Gasteiger partial charge is 0.343 e. The maximum atomic E-state index is 12.2. The van der Waals surface area contributed by atoms with Gasteiger partial charge in [-0.05, 0) is 36.8 Å². The molecule has 2 aromatic heterocycles. The highest BCUT2D eigenvalue weighted by molar-refractivity contribution is 9.10. The van der Waals surface area contributed by atoms with Gasteiger partial charge in [0, 0.05) is 16.4 Å². The highest BCUT2D eigenvalue weighted by Crippen LogP contribution is 2.20. The van der Waals surface area contributed by atoms with Crippen molar-refractivity contribution >= 4 is 38.7 Å². The van der Waals surface area contributed by atoms with Gasteiger partial charge in [-0.15, -0.1) is 0 Å². The van der Waals surface area contributed by atoms with E-state index in [2.05, 4.69) is 36.2 Å². The number of pyridine rings is 1. The second kappa shape index (κ2) is 5.05. The molecule has 0 unspecified atom stereocenters. The van der Waals surface area contributed by atoms with Gasteiger partial charge in [0.25, 0.3) is 5.91 Å². The fourth-order valence-electron chi connectivity index (χ4n) is 1.88. The monoisotopic (exact) mass is 330 g/mol. The van der Waals surface area contributed by atoms with E-state index in [4.69, 9.17) is 0 Å². The quantitative estimate of drug-likeness (QED) is 0.757. The Morgan fingerprint density at radius 1 is 1.30 bits per heavy atom. The number of amides is 1. The van der Waals surface area contributed by atoms with Crippen molar-refractivity contribution in [2.45, 2.75) is 6.92 Å². The first-order chi connectivity index (χ1) is 9.63. The van der Waals surface area contributed by atoms with Crippen molar-refractivity contribution < 1.29 is 4.79 Å². The molecule has 100 valence electrons. The molecule has 2 N–H and O–H groups in total. The summed E-state index contributed by atoms with van der Waals surface area (Å²) in [4.78, 5) is 23.3. The average Bonchev–Trinajstić information content (AvgIpc) is 2.90. The molecule has 0 saturated heterocycles.